The van der Waals surface area contributed by atoms with Gasteiger partial charge in [0.05, 0.1) is 0 Å². The Kier molecular flexibility index (Phi) is 3.34. The summed E-state index contributed by atoms with van der Waals surface area (Å²) in [7, 11) is 0. The summed E-state index contributed by atoms with van der Waals surface area (Å²) in [6.45, 7) is 0.178. The van der Waals surface area contributed by atoms with Gasteiger partial charge in [-0.1, -0.05) is 6.42 Å². The molecule has 3 N–H and O–H groups in total. The van der Waals surface area contributed by atoms with Crippen LogP contribution in [0.4, 0.5) is 4.79 Å². The van der Waals surface area contributed by atoms with Crippen LogP contribution in [0.2, 0.25) is 0 Å². The van der Waals surface area contributed by atoms with Crippen molar-refractivity contribution < 1.29 is 15.0 Å². The van der Waals surface area contributed by atoms with Crippen LogP contribution >= 0.6 is 0 Å². The first kappa shape index (κ1) is 9.32. The van der Waals surface area contributed by atoms with Crippen molar-refractivity contribution in [2.24, 2.45) is 5.92 Å². The van der Waals surface area contributed by atoms with Crippen LogP contribution in [0.1, 0.15) is 25.7 Å². The molecule has 0 spiro atoms. The summed E-state index contributed by atoms with van der Waals surface area (Å²) >= 11 is 0. The molecule has 4 heteroatoms. The molecule has 0 bridgehead atoms. The third-order valence-electron chi connectivity index (χ3n) is 2.37. The molecule has 0 aromatic carbocycles. The second kappa shape index (κ2) is 4.30. The lowest BCUT2D eigenvalue weighted by molar-refractivity contribution is 0.157. The molecule has 0 saturated heterocycles. The summed E-state index contributed by atoms with van der Waals surface area (Å²) in [4.78, 5) is 10.3. The number of aliphatic hydroxyl groups is 1. The van der Waals surface area contributed by atoms with Crippen molar-refractivity contribution in [2.45, 2.75) is 31.7 Å². The molecule has 0 aliphatic heterocycles. The predicted octanol–water partition coefficient (Wildman–Crippen LogP) is 0.805. The van der Waals surface area contributed by atoms with Crippen LogP contribution in [0.25, 0.3) is 0 Å². The number of amides is 1. The molecule has 1 unspecified atom stereocenters. The normalized spacial score (nSPS) is 29.8. The van der Waals surface area contributed by atoms with Crippen LogP contribution in [0, 0.1) is 5.92 Å². The molecule has 1 aliphatic rings. The zero-order valence-electron chi connectivity index (χ0n) is 6.99. The third-order valence-corrected chi connectivity index (χ3v) is 2.37. The fourth-order valence-corrected chi connectivity index (χ4v) is 1.76. The molecule has 1 rings (SSSR count). The number of hydrogen-bond acceptors (Lipinski definition) is 2. The minimum Gasteiger partial charge on any atom is -0.465 e. The fourth-order valence-electron chi connectivity index (χ4n) is 1.76. The highest BCUT2D eigenvalue weighted by Gasteiger charge is 2.22. The molecule has 70 valence electrons. The highest BCUT2D eigenvalue weighted by Crippen LogP contribution is 2.23. The van der Waals surface area contributed by atoms with Crippen molar-refractivity contribution in [1.29, 1.82) is 0 Å². The smallest absolute Gasteiger partial charge is 0.404 e. The molecule has 0 radical (unpaired) electrons. The van der Waals surface area contributed by atoms with Crippen molar-refractivity contribution in [2.75, 3.05) is 6.61 Å². The molecule has 1 aliphatic carbocycles. The summed E-state index contributed by atoms with van der Waals surface area (Å²) < 4.78 is 0. The summed E-state index contributed by atoms with van der Waals surface area (Å²) in [5, 5.41) is 19.8. The maximum atomic E-state index is 10.3. The van der Waals surface area contributed by atoms with Gasteiger partial charge in [-0.05, 0) is 25.2 Å². The number of aliphatic hydroxyl groups excluding tert-OH is 1. The van der Waals surface area contributed by atoms with E-state index in [0.717, 1.165) is 25.7 Å². The van der Waals surface area contributed by atoms with Crippen LogP contribution in [-0.4, -0.2) is 29.0 Å². The molecule has 0 heterocycles. The largest absolute Gasteiger partial charge is 0.465 e. The first-order valence-electron chi connectivity index (χ1n) is 4.32. The standard InChI is InChI=1S/C8H15NO3/c10-5-6-2-1-3-7(4-6)9-8(11)12/h6-7,9-10H,1-5H2,(H,11,12)/t6?,7-/m0/s1. The van der Waals surface area contributed by atoms with E-state index in [1.807, 2.05) is 0 Å². The average molecular weight is 173 g/mol. The van der Waals surface area contributed by atoms with E-state index in [2.05, 4.69) is 5.32 Å². The Bertz CT molecular complexity index is 160. The van der Waals surface area contributed by atoms with Gasteiger partial charge in [0.15, 0.2) is 0 Å². The van der Waals surface area contributed by atoms with Gasteiger partial charge in [-0.3, -0.25) is 0 Å². The Hall–Kier alpha value is -0.770. The Morgan fingerprint density at radius 1 is 1.50 bits per heavy atom. The Labute approximate surface area is 71.6 Å². The average Bonchev–Trinajstić information content (AvgIpc) is 2.03. The van der Waals surface area contributed by atoms with E-state index < -0.39 is 6.09 Å². The van der Waals surface area contributed by atoms with Crippen LogP contribution in [-0.2, 0) is 0 Å². The van der Waals surface area contributed by atoms with Crippen molar-refractivity contribution in [3.05, 3.63) is 0 Å². The van der Waals surface area contributed by atoms with Crippen LogP contribution < -0.4 is 5.32 Å². The Balaban J connectivity index is 2.30. The van der Waals surface area contributed by atoms with Crippen molar-refractivity contribution >= 4 is 6.09 Å². The summed E-state index contributed by atoms with van der Waals surface area (Å²) in [5.41, 5.74) is 0. The summed E-state index contributed by atoms with van der Waals surface area (Å²) in [6, 6.07) is 0.0494. The fraction of sp³-hybridized carbons (Fsp3) is 0.875. The van der Waals surface area contributed by atoms with Gasteiger partial charge in [0.1, 0.15) is 0 Å². The second-order valence-electron chi connectivity index (χ2n) is 3.36. The first-order chi connectivity index (χ1) is 5.72. The van der Waals surface area contributed by atoms with Crippen molar-refractivity contribution in [1.82, 2.24) is 5.32 Å². The van der Waals surface area contributed by atoms with Gasteiger partial charge in [0.2, 0.25) is 0 Å². The molecular formula is C8H15NO3. The minimum absolute atomic E-state index is 0.0494. The van der Waals surface area contributed by atoms with E-state index in [0.29, 0.717) is 0 Å². The van der Waals surface area contributed by atoms with E-state index in [1.165, 1.54) is 0 Å². The quantitative estimate of drug-likeness (QED) is 0.578. The molecule has 1 fully saturated rings. The number of nitrogens with one attached hydrogen (secondary N) is 1. The lowest BCUT2D eigenvalue weighted by Crippen LogP contribution is -2.38. The minimum atomic E-state index is -0.960. The molecule has 12 heavy (non-hydrogen) atoms. The predicted molar refractivity (Wildman–Crippen MR) is 44.0 cm³/mol. The maximum absolute atomic E-state index is 10.3. The topological polar surface area (TPSA) is 69.6 Å². The molecule has 0 aromatic heterocycles. The van der Waals surface area contributed by atoms with E-state index in [-0.39, 0.29) is 18.6 Å². The van der Waals surface area contributed by atoms with E-state index in [1.54, 1.807) is 0 Å². The molecule has 0 aromatic rings. The summed E-state index contributed by atoms with van der Waals surface area (Å²) in [5.74, 6) is 0.288. The monoisotopic (exact) mass is 173 g/mol. The number of rotatable bonds is 2. The van der Waals surface area contributed by atoms with Gasteiger partial charge in [-0.15, -0.1) is 0 Å². The van der Waals surface area contributed by atoms with Gasteiger partial charge in [-0.2, -0.15) is 0 Å². The second-order valence-corrected chi connectivity index (χ2v) is 3.36. The Morgan fingerprint density at radius 2 is 2.25 bits per heavy atom. The number of hydrogen-bond donors (Lipinski definition) is 3. The van der Waals surface area contributed by atoms with Gasteiger partial charge in [0, 0.05) is 12.6 Å². The lowest BCUT2D eigenvalue weighted by atomic mass is 9.86. The van der Waals surface area contributed by atoms with Crippen LogP contribution in [0.3, 0.4) is 0 Å². The SMILES string of the molecule is O=C(O)N[C@H]1CCCC(CO)C1. The molecule has 4 nitrogen and oxygen atoms in total. The van der Waals surface area contributed by atoms with Crippen molar-refractivity contribution in [3.63, 3.8) is 0 Å². The Morgan fingerprint density at radius 3 is 2.83 bits per heavy atom. The highest BCUT2D eigenvalue weighted by atomic mass is 16.4. The van der Waals surface area contributed by atoms with Crippen molar-refractivity contribution in [3.8, 4) is 0 Å². The van der Waals surface area contributed by atoms with Gasteiger partial charge in [-0.25, -0.2) is 4.79 Å². The van der Waals surface area contributed by atoms with Gasteiger partial charge < -0.3 is 15.5 Å². The maximum Gasteiger partial charge on any atom is 0.404 e. The zero-order chi connectivity index (χ0) is 8.97. The summed E-state index contributed by atoms with van der Waals surface area (Å²) in [6.07, 6.45) is 2.76. The highest BCUT2D eigenvalue weighted by molar-refractivity contribution is 5.64. The number of carboxylic acid groups (broad SMARTS) is 1. The van der Waals surface area contributed by atoms with Crippen LogP contribution in [0.5, 0.6) is 0 Å². The first-order valence-corrected chi connectivity index (χ1v) is 4.32. The molecule has 1 amide bonds. The molecule has 1 saturated carbocycles. The lowest BCUT2D eigenvalue weighted by Gasteiger charge is -2.27. The van der Waals surface area contributed by atoms with E-state index in [4.69, 9.17) is 10.2 Å². The van der Waals surface area contributed by atoms with E-state index >= 15 is 0 Å². The van der Waals surface area contributed by atoms with Gasteiger partial charge >= 0.3 is 6.09 Å². The number of carbonyl (C=O) groups is 1. The molecule has 2 atom stereocenters. The van der Waals surface area contributed by atoms with Crippen LogP contribution in [0.15, 0.2) is 0 Å². The van der Waals surface area contributed by atoms with Gasteiger partial charge in [0.25, 0.3) is 0 Å². The zero-order valence-corrected chi connectivity index (χ0v) is 6.99. The third kappa shape index (κ3) is 2.70. The molecular weight excluding hydrogens is 158 g/mol. The van der Waals surface area contributed by atoms with E-state index in [9.17, 15) is 4.79 Å².